The molecule has 0 saturated heterocycles. The van der Waals surface area contributed by atoms with E-state index in [1.807, 2.05) is 30.3 Å². The monoisotopic (exact) mass is 403 g/mol. The Morgan fingerprint density at radius 2 is 1.74 bits per heavy atom. The summed E-state index contributed by atoms with van der Waals surface area (Å²) < 4.78 is 1.53. The fourth-order valence-corrected chi connectivity index (χ4v) is 2.75. The number of aromatic nitrogens is 2. The van der Waals surface area contributed by atoms with Crippen molar-refractivity contribution in [2.24, 2.45) is 0 Å². The lowest BCUT2D eigenvalue weighted by Crippen LogP contribution is -2.16. The van der Waals surface area contributed by atoms with E-state index in [0.29, 0.717) is 27.2 Å². The van der Waals surface area contributed by atoms with Crippen LogP contribution in [0.4, 0.5) is 5.82 Å². The second kappa shape index (κ2) is 8.24. The van der Waals surface area contributed by atoms with Crippen molar-refractivity contribution in [1.29, 1.82) is 0 Å². The molecule has 1 amide bonds. The first-order valence-corrected chi connectivity index (χ1v) is 8.82. The predicted molar refractivity (Wildman–Crippen MR) is 105 cm³/mol. The topological polar surface area (TPSA) is 84.2 Å². The first-order chi connectivity index (χ1) is 12.9. The highest BCUT2D eigenvalue weighted by Gasteiger charge is 2.15. The Morgan fingerprint density at radius 3 is 2.41 bits per heavy atom. The predicted octanol–water partition coefficient (Wildman–Crippen LogP) is 4.65. The van der Waals surface area contributed by atoms with E-state index in [1.54, 1.807) is 24.3 Å². The Morgan fingerprint density at radius 1 is 1.00 bits per heavy atom. The van der Waals surface area contributed by atoms with E-state index < -0.39 is 11.9 Å². The van der Waals surface area contributed by atoms with Crippen LogP contribution in [0.25, 0.3) is 16.9 Å². The van der Waals surface area contributed by atoms with Crippen LogP contribution in [0.15, 0.2) is 54.6 Å². The van der Waals surface area contributed by atoms with Gasteiger partial charge in [0, 0.05) is 18.1 Å². The van der Waals surface area contributed by atoms with Crippen molar-refractivity contribution in [2.45, 2.75) is 12.8 Å². The zero-order chi connectivity index (χ0) is 19.4. The molecule has 0 atom stereocenters. The second-order valence-electron chi connectivity index (χ2n) is 5.73. The standard InChI is InChI=1S/C19H15Cl2N3O3/c20-14-7-6-13(10-15(14)21)24-17(22-18(25)8-9-19(26)27)11-16(23-24)12-4-2-1-3-5-12/h1-7,10-11H,8-9H2,(H,22,25)(H,26,27). The number of carboxylic acids is 1. The summed E-state index contributed by atoms with van der Waals surface area (Å²) in [6, 6.07) is 16.2. The Labute approximate surface area is 165 Å². The molecule has 138 valence electrons. The maximum atomic E-state index is 12.1. The smallest absolute Gasteiger partial charge is 0.303 e. The van der Waals surface area contributed by atoms with Crippen molar-refractivity contribution in [1.82, 2.24) is 9.78 Å². The summed E-state index contributed by atoms with van der Waals surface area (Å²) in [6.45, 7) is 0. The van der Waals surface area contributed by atoms with Crippen LogP contribution in [0.5, 0.6) is 0 Å². The van der Waals surface area contributed by atoms with E-state index >= 15 is 0 Å². The molecule has 2 N–H and O–H groups in total. The lowest BCUT2D eigenvalue weighted by molar-refractivity contribution is -0.138. The Kier molecular flexibility index (Phi) is 5.78. The Bertz CT molecular complexity index is 987. The van der Waals surface area contributed by atoms with Crippen LogP contribution >= 0.6 is 23.2 Å². The number of carbonyl (C=O) groups excluding carboxylic acids is 1. The summed E-state index contributed by atoms with van der Waals surface area (Å²) in [5.41, 5.74) is 2.13. The minimum Gasteiger partial charge on any atom is -0.481 e. The van der Waals surface area contributed by atoms with Gasteiger partial charge in [0.2, 0.25) is 5.91 Å². The number of aliphatic carboxylic acids is 1. The lowest BCUT2D eigenvalue weighted by Gasteiger charge is -2.09. The third-order valence-electron chi connectivity index (χ3n) is 3.76. The van der Waals surface area contributed by atoms with Gasteiger partial charge in [0.05, 0.1) is 27.8 Å². The number of hydrogen-bond donors (Lipinski definition) is 2. The molecule has 0 unspecified atom stereocenters. The fourth-order valence-electron chi connectivity index (χ4n) is 2.46. The van der Waals surface area contributed by atoms with E-state index in [9.17, 15) is 9.59 Å². The highest BCUT2D eigenvalue weighted by atomic mass is 35.5. The van der Waals surface area contributed by atoms with Gasteiger partial charge in [-0.3, -0.25) is 9.59 Å². The van der Waals surface area contributed by atoms with Gasteiger partial charge in [0.15, 0.2) is 0 Å². The molecule has 0 radical (unpaired) electrons. The molecule has 6 nitrogen and oxygen atoms in total. The minimum atomic E-state index is -1.03. The van der Waals surface area contributed by atoms with Gasteiger partial charge in [0.25, 0.3) is 0 Å². The number of carbonyl (C=O) groups is 2. The SMILES string of the molecule is O=C(O)CCC(=O)Nc1cc(-c2ccccc2)nn1-c1ccc(Cl)c(Cl)c1. The van der Waals surface area contributed by atoms with Crippen LogP contribution in [-0.4, -0.2) is 26.8 Å². The lowest BCUT2D eigenvalue weighted by atomic mass is 10.1. The average molecular weight is 404 g/mol. The van der Waals surface area contributed by atoms with Crippen molar-refractivity contribution in [3.63, 3.8) is 0 Å². The summed E-state index contributed by atoms with van der Waals surface area (Å²) in [5, 5.41) is 16.8. The number of benzene rings is 2. The average Bonchev–Trinajstić information content (AvgIpc) is 3.07. The molecular weight excluding hydrogens is 389 g/mol. The van der Waals surface area contributed by atoms with E-state index in [4.69, 9.17) is 28.3 Å². The summed E-state index contributed by atoms with van der Waals surface area (Å²) in [6.07, 6.45) is -0.388. The molecule has 1 aromatic heterocycles. The number of nitrogens with one attached hydrogen (secondary N) is 1. The van der Waals surface area contributed by atoms with Gasteiger partial charge >= 0.3 is 5.97 Å². The molecule has 0 saturated carbocycles. The van der Waals surface area contributed by atoms with Crippen LogP contribution in [-0.2, 0) is 9.59 Å². The number of carboxylic acid groups (broad SMARTS) is 1. The van der Waals surface area contributed by atoms with E-state index in [1.165, 1.54) is 4.68 Å². The molecule has 1 heterocycles. The zero-order valence-corrected chi connectivity index (χ0v) is 15.5. The van der Waals surface area contributed by atoms with Gasteiger partial charge in [-0.25, -0.2) is 4.68 Å². The molecule has 0 aliphatic heterocycles. The molecule has 8 heteroatoms. The second-order valence-corrected chi connectivity index (χ2v) is 6.55. The normalized spacial score (nSPS) is 10.6. The molecule has 3 rings (SSSR count). The van der Waals surface area contributed by atoms with Crippen molar-refractivity contribution in [3.05, 3.63) is 64.6 Å². The van der Waals surface area contributed by atoms with Gasteiger partial charge in [-0.1, -0.05) is 53.5 Å². The number of nitrogens with zero attached hydrogens (tertiary/aromatic N) is 2. The summed E-state index contributed by atoms with van der Waals surface area (Å²) in [4.78, 5) is 22.8. The van der Waals surface area contributed by atoms with Crippen LogP contribution in [0.2, 0.25) is 10.0 Å². The largest absolute Gasteiger partial charge is 0.481 e. The maximum Gasteiger partial charge on any atom is 0.303 e. The fraction of sp³-hybridized carbons (Fsp3) is 0.105. The van der Waals surface area contributed by atoms with Gasteiger partial charge in [0.1, 0.15) is 5.82 Å². The van der Waals surface area contributed by atoms with Gasteiger partial charge in [-0.15, -0.1) is 0 Å². The summed E-state index contributed by atoms with van der Waals surface area (Å²) in [5.74, 6) is -1.05. The highest BCUT2D eigenvalue weighted by molar-refractivity contribution is 6.42. The van der Waals surface area contributed by atoms with Crippen molar-refractivity contribution >= 4 is 40.9 Å². The van der Waals surface area contributed by atoms with Crippen LogP contribution < -0.4 is 5.32 Å². The number of rotatable bonds is 6. The molecule has 3 aromatic rings. The number of amides is 1. The molecular formula is C19H15Cl2N3O3. The number of hydrogen-bond acceptors (Lipinski definition) is 3. The molecule has 0 bridgehead atoms. The van der Waals surface area contributed by atoms with Gasteiger partial charge in [-0.05, 0) is 18.2 Å². The third kappa shape index (κ3) is 4.67. The molecule has 2 aromatic carbocycles. The van der Waals surface area contributed by atoms with Gasteiger partial charge in [-0.2, -0.15) is 5.10 Å². The van der Waals surface area contributed by atoms with Crippen LogP contribution in [0, 0.1) is 0 Å². The quantitative estimate of drug-likeness (QED) is 0.627. The maximum absolute atomic E-state index is 12.1. The molecule has 0 aliphatic carbocycles. The van der Waals surface area contributed by atoms with Crippen LogP contribution in [0.1, 0.15) is 12.8 Å². The highest BCUT2D eigenvalue weighted by Crippen LogP contribution is 2.29. The zero-order valence-electron chi connectivity index (χ0n) is 14.0. The molecule has 0 spiro atoms. The van der Waals surface area contributed by atoms with Gasteiger partial charge < -0.3 is 10.4 Å². The molecule has 27 heavy (non-hydrogen) atoms. The Hall–Kier alpha value is -2.83. The van der Waals surface area contributed by atoms with E-state index in [-0.39, 0.29) is 12.8 Å². The van der Waals surface area contributed by atoms with Crippen molar-refractivity contribution < 1.29 is 14.7 Å². The summed E-state index contributed by atoms with van der Waals surface area (Å²) >= 11 is 12.1. The first kappa shape index (κ1) is 18.9. The van der Waals surface area contributed by atoms with E-state index in [2.05, 4.69) is 10.4 Å². The van der Waals surface area contributed by atoms with Crippen molar-refractivity contribution in [2.75, 3.05) is 5.32 Å². The first-order valence-electron chi connectivity index (χ1n) is 8.06. The molecule has 0 aliphatic rings. The van der Waals surface area contributed by atoms with E-state index in [0.717, 1.165) is 5.56 Å². The van der Waals surface area contributed by atoms with Crippen LogP contribution in [0.3, 0.4) is 0 Å². The number of anilines is 1. The Balaban J connectivity index is 1.98. The van der Waals surface area contributed by atoms with Crippen molar-refractivity contribution in [3.8, 4) is 16.9 Å². The number of halogens is 2. The molecule has 0 fully saturated rings. The summed E-state index contributed by atoms with van der Waals surface area (Å²) in [7, 11) is 0. The minimum absolute atomic E-state index is 0.136. The third-order valence-corrected chi connectivity index (χ3v) is 4.50.